The molecular formula is C28H36N4O4. The summed E-state index contributed by atoms with van der Waals surface area (Å²) in [5, 5.41) is 5.77. The Bertz CT molecular complexity index is 1060. The van der Waals surface area contributed by atoms with Crippen molar-refractivity contribution in [2.45, 2.75) is 58.5 Å². The van der Waals surface area contributed by atoms with Crippen molar-refractivity contribution in [3.05, 3.63) is 65.7 Å². The highest BCUT2D eigenvalue weighted by Crippen LogP contribution is 2.32. The van der Waals surface area contributed by atoms with Gasteiger partial charge < -0.3 is 20.4 Å². The van der Waals surface area contributed by atoms with E-state index in [1.807, 2.05) is 37.3 Å². The van der Waals surface area contributed by atoms with Crippen molar-refractivity contribution >= 4 is 29.3 Å². The zero-order chi connectivity index (χ0) is 26.1. The van der Waals surface area contributed by atoms with Gasteiger partial charge in [0.15, 0.2) is 0 Å². The minimum absolute atomic E-state index is 0.0340. The molecule has 0 aromatic heterocycles. The van der Waals surface area contributed by atoms with Gasteiger partial charge in [-0.05, 0) is 49.1 Å². The maximum absolute atomic E-state index is 13.9. The number of carbonyl (C=O) groups excluding carboxylic acids is 4. The predicted octanol–water partition coefficient (Wildman–Crippen LogP) is 3.58. The molecule has 0 radical (unpaired) electrons. The molecule has 2 N–H and O–H groups in total. The molecule has 8 nitrogen and oxygen atoms in total. The summed E-state index contributed by atoms with van der Waals surface area (Å²) in [6, 6.07) is 16.4. The van der Waals surface area contributed by atoms with E-state index in [1.165, 1.54) is 13.8 Å². The number of rotatable bonds is 9. The lowest BCUT2D eigenvalue weighted by Gasteiger charge is -2.47. The van der Waals surface area contributed by atoms with Gasteiger partial charge in [-0.1, -0.05) is 43.7 Å². The number of anilines is 1. The van der Waals surface area contributed by atoms with Crippen LogP contribution in [0.25, 0.3) is 0 Å². The normalized spacial score (nSPS) is 14.6. The summed E-state index contributed by atoms with van der Waals surface area (Å²) in [7, 11) is 0. The fourth-order valence-corrected chi connectivity index (χ4v) is 4.64. The van der Waals surface area contributed by atoms with Crippen LogP contribution >= 0.6 is 0 Å². The second-order valence-corrected chi connectivity index (χ2v) is 9.27. The van der Waals surface area contributed by atoms with Gasteiger partial charge >= 0.3 is 0 Å². The quantitative estimate of drug-likeness (QED) is 0.559. The summed E-state index contributed by atoms with van der Waals surface area (Å²) < 4.78 is 0. The van der Waals surface area contributed by atoms with Gasteiger partial charge in [-0.2, -0.15) is 0 Å². The topological polar surface area (TPSA) is 98.8 Å². The first-order valence-electron chi connectivity index (χ1n) is 12.5. The number of piperidine rings is 1. The number of unbranched alkanes of at least 4 members (excludes halogenated alkanes) is 1. The van der Waals surface area contributed by atoms with Gasteiger partial charge in [0.1, 0.15) is 5.54 Å². The van der Waals surface area contributed by atoms with Crippen LogP contribution in [0.2, 0.25) is 0 Å². The van der Waals surface area contributed by atoms with E-state index < -0.39 is 5.54 Å². The molecule has 1 saturated heterocycles. The van der Waals surface area contributed by atoms with E-state index in [1.54, 1.807) is 34.1 Å². The van der Waals surface area contributed by atoms with Gasteiger partial charge in [0.05, 0.1) is 0 Å². The van der Waals surface area contributed by atoms with Crippen LogP contribution in [0.5, 0.6) is 0 Å². The first-order valence-corrected chi connectivity index (χ1v) is 12.5. The molecule has 0 spiro atoms. The summed E-state index contributed by atoms with van der Waals surface area (Å²) in [4.78, 5) is 54.5. The van der Waals surface area contributed by atoms with Crippen molar-refractivity contribution in [1.29, 1.82) is 0 Å². The summed E-state index contributed by atoms with van der Waals surface area (Å²) in [6.45, 7) is 6.61. The van der Waals surface area contributed by atoms with E-state index in [0.717, 1.165) is 18.4 Å². The second kappa shape index (κ2) is 12.3. The molecule has 3 rings (SSSR count). The van der Waals surface area contributed by atoms with Crippen LogP contribution in [-0.2, 0) is 20.9 Å². The number of amides is 4. The lowest BCUT2D eigenvalue weighted by atomic mass is 9.83. The van der Waals surface area contributed by atoms with Crippen molar-refractivity contribution in [1.82, 2.24) is 15.1 Å². The van der Waals surface area contributed by atoms with E-state index in [0.29, 0.717) is 50.3 Å². The Labute approximate surface area is 213 Å². The highest BCUT2D eigenvalue weighted by molar-refractivity contribution is 6.00. The number of hydrogen-bond donors (Lipinski definition) is 2. The average Bonchev–Trinajstić information content (AvgIpc) is 2.88. The van der Waals surface area contributed by atoms with E-state index in [4.69, 9.17) is 0 Å². The monoisotopic (exact) mass is 492 g/mol. The molecule has 4 amide bonds. The zero-order valence-corrected chi connectivity index (χ0v) is 21.4. The Morgan fingerprint density at radius 1 is 0.944 bits per heavy atom. The molecule has 36 heavy (non-hydrogen) atoms. The number of nitrogens with one attached hydrogen (secondary N) is 2. The van der Waals surface area contributed by atoms with Gasteiger partial charge in [0, 0.05) is 51.3 Å². The van der Waals surface area contributed by atoms with Gasteiger partial charge in [-0.25, -0.2) is 0 Å². The molecule has 0 unspecified atom stereocenters. The fourth-order valence-electron chi connectivity index (χ4n) is 4.64. The number of benzene rings is 2. The maximum atomic E-state index is 13.9. The minimum Gasteiger partial charge on any atom is -0.350 e. The number of likely N-dealkylation sites (tertiary alicyclic amines) is 1. The maximum Gasteiger partial charge on any atom is 0.254 e. The largest absolute Gasteiger partial charge is 0.350 e. The summed E-state index contributed by atoms with van der Waals surface area (Å²) in [6.07, 6.45) is 2.35. The molecule has 0 bridgehead atoms. The van der Waals surface area contributed by atoms with Gasteiger partial charge in [-0.3, -0.25) is 19.2 Å². The highest BCUT2D eigenvalue weighted by atomic mass is 16.2. The zero-order valence-electron chi connectivity index (χ0n) is 21.4. The number of nitrogens with zero attached hydrogens (tertiary/aromatic N) is 2. The molecule has 2 aromatic carbocycles. The Morgan fingerprint density at radius 2 is 1.58 bits per heavy atom. The lowest BCUT2D eigenvalue weighted by molar-refractivity contribution is -0.140. The second-order valence-electron chi connectivity index (χ2n) is 9.27. The van der Waals surface area contributed by atoms with Crippen molar-refractivity contribution in [2.75, 3.05) is 25.0 Å². The fraction of sp³-hybridized carbons (Fsp3) is 0.429. The van der Waals surface area contributed by atoms with E-state index in [2.05, 4.69) is 10.6 Å². The molecular weight excluding hydrogens is 456 g/mol. The van der Waals surface area contributed by atoms with E-state index >= 15 is 0 Å². The molecule has 1 aliphatic heterocycles. The average molecular weight is 493 g/mol. The molecule has 0 saturated carbocycles. The summed E-state index contributed by atoms with van der Waals surface area (Å²) in [5.41, 5.74) is 0.958. The standard InChI is InChI=1S/C28H36N4O4/c1-4-5-17-32(26(35)24-11-13-25(14-12-24)30-21(2)33)28(15-18-31(19-16-28)22(3)34)27(36)29-20-23-9-7-6-8-10-23/h6-14H,4-5,15-20H2,1-3H3,(H,29,36)(H,30,33). The highest BCUT2D eigenvalue weighted by Gasteiger charge is 2.48. The lowest BCUT2D eigenvalue weighted by Crippen LogP contribution is -2.65. The van der Waals surface area contributed by atoms with Crippen LogP contribution in [0.15, 0.2) is 54.6 Å². The molecule has 8 heteroatoms. The van der Waals surface area contributed by atoms with Crippen molar-refractivity contribution < 1.29 is 19.2 Å². The first-order chi connectivity index (χ1) is 17.3. The summed E-state index contributed by atoms with van der Waals surface area (Å²) >= 11 is 0. The smallest absolute Gasteiger partial charge is 0.254 e. The van der Waals surface area contributed by atoms with Crippen molar-refractivity contribution in [2.24, 2.45) is 0 Å². The van der Waals surface area contributed by atoms with E-state index in [9.17, 15) is 19.2 Å². The van der Waals surface area contributed by atoms with Crippen molar-refractivity contribution in [3.8, 4) is 0 Å². The molecule has 1 fully saturated rings. The van der Waals surface area contributed by atoms with Crippen LogP contribution in [0.3, 0.4) is 0 Å². The Balaban J connectivity index is 1.92. The third-order valence-corrected chi connectivity index (χ3v) is 6.70. The van der Waals surface area contributed by atoms with Crippen LogP contribution in [0.1, 0.15) is 62.4 Å². The van der Waals surface area contributed by atoms with Crippen molar-refractivity contribution in [3.63, 3.8) is 0 Å². The third kappa shape index (κ3) is 6.50. The first kappa shape index (κ1) is 26.9. The molecule has 2 aromatic rings. The van der Waals surface area contributed by atoms with Crippen LogP contribution in [-0.4, -0.2) is 58.6 Å². The van der Waals surface area contributed by atoms with Crippen LogP contribution < -0.4 is 10.6 Å². The van der Waals surface area contributed by atoms with Gasteiger partial charge in [0.2, 0.25) is 17.7 Å². The van der Waals surface area contributed by atoms with Crippen LogP contribution in [0, 0.1) is 0 Å². The minimum atomic E-state index is -1.07. The van der Waals surface area contributed by atoms with Gasteiger partial charge in [-0.15, -0.1) is 0 Å². The predicted molar refractivity (Wildman–Crippen MR) is 139 cm³/mol. The Hall–Kier alpha value is -3.68. The Morgan fingerprint density at radius 3 is 2.14 bits per heavy atom. The Kier molecular flexibility index (Phi) is 9.22. The molecule has 0 atom stereocenters. The number of hydrogen-bond acceptors (Lipinski definition) is 4. The van der Waals surface area contributed by atoms with Gasteiger partial charge in [0.25, 0.3) is 5.91 Å². The van der Waals surface area contributed by atoms with E-state index in [-0.39, 0.29) is 23.6 Å². The molecule has 0 aliphatic carbocycles. The summed E-state index contributed by atoms with van der Waals surface area (Å²) in [5.74, 6) is -0.656. The molecule has 192 valence electrons. The molecule has 1 aliphatic rings. The van der Waals surface area contributed by atoms with Crippen LogP contribution in [0.4, 0.5) is 5.69 Å². The number of carbonyl (C=O) groups is 4. The third-order valence-electron chi connectivity index (χ3n) is 6.70. The SMILES string of the molecule is CCCCN(C(=O)c1ccc(NC(C)=O)cc1)C1(C(=O)NCc2ccccc2)CCN(C(C)=O)CC1. The molecule has 1 heterocycles.